The van der Waals surface area contributed by atoms with Crippen molar-refractivity contribution in [3.63, 3.8) is 0 Å². The summed E-state index contributed by atoms with van der Waals surface area (Å²) in [6.07, 6.45) is 1.14. The van der Waals surface area contributed by atoms with E-state index in [0.717, 1.165) is 43.1 Å². The standard InChI is InChI=1S/C17H22ClN3O/c1-11-15-7-14(18)3-4-16(15)20-17(11)10-21-6-5-13(9-21)8-19-12(2)22/h3-4,7,13,20H,5-6,8-10H2,1-2H3,(H,19,22). The summed E-state index contributed by atoms with van der Waals surface area (Å²) < 4.78 is 0. The van der Waals surface area contributed by atoms with Gasteiger partial charge in [0.15, 0.2) is 0 Å². The van der Waals surface area contributed by atoms with Gasteiger partial charge in [-0.3, -0.25) is 9.69 Å². The molecule has 1 unspecified atom stereocenters. The molecule has 0 bridgehead atoms. The molecule has 2 heterocycles. The van der Waals surface area contributed by atoms with Gasteiger partial charge in [0.1, 0.15) is 0 Å². The van der Waals surface area contributed by atoms with Gasteiger partial charge in [-0.05, 0) is 49.6 Å². The molecule has 1 saturated heterocycles. The number of carbonyl (C=O) groups is 1. The van der Waals surface area contributed by atoms with Crippen LogP contribution in [0.5, 0.6) is 0 Å². The summed E-state index contributed by atoms with van der Waals surface area (Å²) in [4.78, 5) is 17.0. The van der Waals surface area contributed by atoms with Gasteiger partial charge in [-0.15, -0.1) is 0 Å². The van der Waals surface area contributed by atoms with E-state index in [9.17, 15) is 4.79 Å². The molecule has 2 aromatic rings. The van der Waals surface area contributed by atoms with Crippen LogP contribution in [0.25, 0.3) is 10.9 Å². The van der Waals surface area contributed by atoms with Crippen LogP contribution in [0.1, 0.15) is 24.6 Å². The number of benzene rings is 1. The summed E-state index contributed by atoms with van der Waals surface area (Å²) >= 11 is 6.09. The first-order chi connectivity index (χ1) is 10.5. The molecular weight excluding hydrogens is 298 g/mol. The van der Waals surface area contributed by atoms with Crippen molar-refractivity contribution in [1.29, 1.82) is 0 Å². The molecule has 1 fully saturated rings. The lowest BCUT2D eigenvalue weighted by Crippen LogP contribution is -2.29. The number of fused-ring (bicyclic) bond motifs is 1. The predicted molar refractivity (Wildman–Crippen MR) is 90.1 cm³/mol. The lowest BCUT2D eigenvalue weighted by atomic mass is 10.1. The quantitative estimate of drug-likeness (QED) is 0.909. The monoisotopic (exact) mass is 319 g/mol. The van der Waals surface area contributed by atoms with Crippen molar-refractivity contribution >= 4 is 28.4 Å². The average molecular weight is 320 g/mol. The summed E-state index contributed by atoms with van der Waals surface area (Å²) in [7, 11) is 0. The van der Waals surface area contributed by atoms with Crippen molar-refractivity contribution in [3.05, 3.63) is 34.5 Å². The van der Waals surface area contributed by atoms with Crippen LogP contribution in [0.3, 0.4) is 0 Å². The first-order valence-corrected chi connectivity index (χ1v) is 8.14. The lowest BCUT2D eigenvalue weighted by Gasteiger charge is -2.16. The van der Waals surface area contributed by atoms with Gasteiger partial charge in [-0.25, -0.2) is 0 Å². The van der Waals surface area contributed by atoms with Crippen LogP contribution in [-0.4, -0.2) is 35.4 Å². The fourth-order valence-corrected chi connectivity index (χ4v) is 3.42. The number of aromatic amines is 1. The summed E-state index contributed by atoms with van der Waals surface area (Å²) in [5.74, 6) is 0.616. The Labute approximate surface area is 135 Å². The van der Waals surface area contributed by atoms with E-state index in [1.807, 2.05) is 18.2 Å². The van der Waals surface area contributed by atoms with E-state index < -0.39 is 0 Å². The minimum atomic E-state index is 0.0572. The molecule has 1 aromatic carbocycles. The molecule has 1 aliphatic heterocycles. The van der Waals surface area contributed by atoms with E-state index >= 15 is 0 Å². The zero-order valence-electron chi connectivity index (χ0n) is 13.1. The summed E-state index contributed by atoms with van der Waals surface area (Å²) in [6.45, 7) is 7.55. The largest absolute Gasteiger partial charge is 0.357 e. The van der Waals surface area contributed by atoms with Crippen molar-refractivity contribution in [1.82, 2.24) is 15.2 Å². The Morgan fingerprint density at radius 2 is 2.32 bits per heavy atom. The Balaban J connectivity index is 1.67. The van der Waals surface area contributed by atoms with E-state index in [0.29, 0.717) is 5.92 Å². The number of aryl methyl sites for hydroxylation is 1. The van der Waals surface area contributed by atoms with Crippen molar-refractivity contribution in [2.75, 3.05) is 19.6 Å². The molecular formula is C17H22ClN3O. The van der Waals surface area contributed by atoms with Gasteiger partial charge >= 0.3 is 0 Å². The Kier molecular flexibility index (Phi) is 4.41. The van der Waals surface area contributed by atoms with E-state index in [1.165, 1.54) is 16.6 Å². The Bertz CT molecular complexity index is 695. The first-order valence-electron chi connectivity index (χ1n) is 7.76. The zero-order chi connectivity index (χ0) is 15.7. The molecule has 0 spiro atoms. The Hall–Kier alpha value is -1.52. The zero-order valence-corrected chi connectivity index (χ0v) is 13.8. The molecule has 4 nitrogen and oxygen atoms in total. The van der Waals surface area contributed by atoms with Crippen LogP contribution >= 0.6 is 11.6 Å². The second-order valence-electron chi connectivity index (χ2n) is 6.25. The molecule has 1 amide bonds. The molecule has 2 N–H and O–H groups in total. The molecule has 0 saturated carbocycles. The van der Waals surface area contributed by atoms with Crippen LogP contribution in [0.15, 0.2) is 18.2 Å². The number of nitrogens with one attached hydrogen (secondary N) is 2. The lowest BCUT2D eigenvalue weighted by molar-refractivity contribution is -0.119. The SMILES string of the molecule is CC(=O)NCC1CCN(Cc2[nH]c3ccc(Cl)cc3c2C)C1. The maximum absolute atomic E-state index is 11.0. The van der Waals surface area contributed by atoms with Crippen molar-refractivity contribution < 1.29 is 4.79 Å². The molecule has 22 heavy (non-hydrogen) atoms. The van der Waals surface area contributed by atoms with Crippen LogP contribution in [0.4, 0.5) is 0 Å². The number of aromatic nitrogens is 1. The molecule has 1 aromatic heterocycles. The third-order valence-corrected chi connectivity index (χ3v) is 4.75. The van der Waals surface area contributed by atoms with Gasteiger partial charge in [0.05, 0.1) is 0 Å². The molecule has 5 heteroatoms. The third kappa shape index (κ3) is 3.28. The number of nitrogens with zero attached hydrogens (tertiary/aromatic N) is 1. The molecule has 0 aliphatic carbocycles. The van der Waals surface area contributed by atoms with Gasteiger partial charge < -0.3 is 10.3 Å². The summed E-state index contributed by atoms with van der Waals surface area (Å²) in [5, 5.41) is 4.90. The number of rotatable bonds is 4. The molecule has 0 radical (unpaired) electrons. The number of halogens is 1. The second kappa shape index (κ2) is 6.31. The van der Waals surface area contributed by atoms with Crippen LogP contribution < -0.4 is 5.32 Å². The average Bonchev–Trinajstić information content (AvgIpc) is 3.04. The minimum absolute atomic E-state index is 0.0572. The van der Waals surface area contributed by atoms with Crippen LogP contribution in [0, 0.1) is 12.8 Å². The number of carbonyl (C=O) groups excluding carboxylic acids is 1. The van der Waals surface area contributed by atoms with Crippen LogP contribution in [-0.2, 0) is 11.3 Å². The molecule has 1 atom stereocenters. The highest BCUT2D eigenvalue weighted by Gasteiger charge is 2.23. The number of hydrogen-bond donors (Lipinski definition) is 2. The van der Waals surface area contributed by atoms with Gasteiger partial charge in [0.2, 0.25) is 5.91 Å². The van der Waals surface area contributed by atoms with Crippen LogP contribution in [0.2, 0.25) is 5.02 Å². The topological polar surface area (TPSA) is 48.1 Å². The van der Waals surface area contributed by atoms with Crippen molar-refractivity contribution in [2.24, 2.45) is 5.92 Å². The number of hydrogen-bond acceptors (Lipinski definition) is 2. The van der Waals surface area contributed by atoms with E-state index in [2.05, 4.69) is 22.1 Å². The highest BCUT2D eigenvalue weighted by Crippen LogP contribution is 2.27. The number of amides is 1. The van der Waals surface area contributed by atoms with Gasteiger partial charge in [-0.2, -0.15) is 0 Å². The van der Waals surface area contributed by atoms with Crippen molar-refractivity contribution in [3.8, 4) is 0 Å². The molecule has 1 aliphatic rings. The van der Waals surface area contributed by atoms with E-state index in [4.69, 9.17) is 11.6 Å². The molecule has 3 rings (SSSR count). The predicted octanol–water partition coefficient (Wildman–Crippen LogP) is 3.09. The fourth-order valence-electron chi connectivity index (χ4n) is 3.25. The second-order valence-corrected chi connectivity index (χ2v) is 6.68. The van der Waals surface area contributed by atoms with E-state index in [1.54, 1.807) is 6.92 Å². The Morgan fingerprint density at radius 1 is 1.50 bits per heavy atom. The highest BCUT2D eigenvalue weighted by molar-refractivity contribution is 6.31. The van der Waals surface area contributed by atoms with Gasteiger partial charge in [0.25, 0.3) is 0 Å². The van der Waals surface area contributed by atoms with Crippen molar-refractivity contribution in [2.45, 2.75) is 26.8 Å². The molecule has 118 valence electrons. The summed E-state index contributed by atoms with van der Waals surface area (Å²) in [6, 6.07) is 5.98. The highest BCUT2D eigenvalue weighted by atomic mass is 35.5. The number of H-pyrrole nitrogens is 1. The first kappa shape index (κ1) is 15.4. The van der Waals surface area contributed by atoms with Gasteiger partial charge in [-0.1, -0.05) is 11.6 Å². The maximum Gasteiger partial charge on any atom is 0.216 e. The summed E-state index contributed by atoms with van der Waals surface area (Å²) in [5.41, 5.74) is 3.69. The smallest absolute Gasteiger partial charge is 0.216 e. The van der Waals surface area contributed by atoms with E-state index in [-0.39, 0.29) is 5.91 Å². The third-order valence-electron chi connectivity index (χ3n) is 4.52. The normalized spacial score (nSPS) is 19.0. The van der Waals surface area contributed by atoms with Gasteiger partial charge in [0, 0.05) is 48.2 Å². The minimum Gasteiger partial charge on any atom is -0.357 e. The fraction of sp³-hybridized carbons (Fsp3) is 0.471. The number of likely N-dealkylation sites (tertiary alicyclic amines) is 1. The maximum atomic E-state index is 11.0. The Morgan fingerprint density at radius 3 is 3.09 bits per heavy atom.